The van der Waals surface area contributed by atoms with Crippen LogP contribution in [-0.2, 0) is 4.79 Å². The zero-order valence-corrected chi connectivity index (χ0v) is 10.9. The molecule has 6 nitrogen and oxygen atoms in total. The molecule has 1 aliphatic heterocycles. The molecule has 1 aliphatic rings. The van der Waals surface area contributed by atoms with Crippen LogP contribution in [0.3, 0.4) is 0 Å². The predicted molar refractivity (Wildman–Crippen MR) is 71.5 cm³/mol. The van der Waals surface area contributed by atoms with E-state index in [9.17, 15) is 9.59 Å². The van der Waals surface area contributed by atoms with Crippen molar-refractivity contribution in [1.29, 1.82) is 0 Å². The van der Waals surface area contributed by atoms with Crippen molar-refractivity contribution in [3.63, 3.8) is 0 Å². The van der Waals surface area contributed by atoms with Crippen LogP contribution in [0.5, 0.6) is 0 Å². The number of rotatable bonds is 4. The molecule has 2 heterocycles. The second-order valence-corrected chi connectivity index (χ2v) is 4.82. The van der Waals surface area contributed by atoms with E-state index >= 15 is 0 Å². The van der Waals surface area contributed by atoms with E-state index in [1.165, 1.54) is 0 Å². The van der Waals surface area contributed by atoms with E-state index in [2.05, 4.69) is 15.2 Å². The summed E-state index contributed by atoms with van der Waals surface area (Å²) in [5.74, 6) is -0.670. The van der Waals surface area contributed by atoms with E-state index in [-0.39, 0.29) is 18.5 Å². The largest absolute Gasteiger partial charge is 0.357 e. The van der Waals surface area contributed by atoms with Gasteiger partial charge in [0.25, 0.3) is 5.91 Å². The molecule has 0 bridgehead atoms. The molecule has 1 aromatic heterocycles. The van der Waals surface area contributed by atoms with Crippen LogP contribution in [0.1, 0.15) is 29.8 Å². The average molecular weight is 264 g/mol. The third kappa shape index (κ3) is 3.65. The molecule has 1 aromatic rings. The number of hydrogen-bond donors (Lipinski definition) is 3. The first kappa shape index (κ1) is 13.8. The van der Waals surface area contributed by atoms with Crippen molar-refractivity contribution >= 4 is 11.8 Å². The monoisotopic (exact) mass is 264 g/mol. The number of carbonyl (C=O) groups is 2. The Morgan fingerprint density at radius 2 is 2.32 bits per heavy atom. The molecule has 1 unspecified atom stereocenters. The van der Waals surface area contributed by atoms with Crippen LogP contribution >= 0.6 is 0 Å². The van der Waals surface area contributed by atoms with E-state index in [0.29, 0.717) is 12.2 Å². The third-order valence-electron chi connectivity index (χ3n) is 3.46. The molecule has 0 saturated carbocycles. The Morgan fingerprint density at radius 3 is 3.00 bits per heavy atom. The van der Waals surface area contributed by atoms with Crippen molar-refractivity contribution in [3.8, 4) is 0 Å². The Hall–Kier alpha value is -1.66. The fourth-order valence-electron chi connectivity index (χ4n) is 2.42. The molecule has 0 aromatic carbocycles. The Labute approximate surface area is 112 Å². The van der Waals surface area contributed by atoms with Gasteiger partial charge in [-0.3, -0.25) is 19.8 Å². The van der Waals surface area contributed by atoms with Gasteiger partial charge in [-0.15, -0.1) is 0 Å². The maximum atomic E-state index is 11.9. The summed E-state index contributed by atoms with van der Waals surface area (Å²) in [5, 5.41) is 2.38. The lowest BCUT2D eigenvalue weighted by Gasteiger charge is -2.34. The van der Waals surface area contributed by atoms with Crippen molar-refractivity contribution in [2.75, 3.05) is 19.6 Å². The maximum Gasteiger partial charge on any atom is 0.274 e. The van der Waals surface area contributed by atoms with Crippen LogP contribution in [-0.4, -0.2) is 47.4 Å². The number of nitrogens with zero attached hydrogens (tertiary/aromatic N) is 1. The Morgan fingerprint density at radius 1 is 1.47 bits per heavy atom. The first-order valence-corrected chi connectivity index (χ1v) is 6.62. The fourth-order valence-corrected chi connectivity index (χ4v) is 2.42. The highest BCUT2D eigenvalue weighted by molar-refractivity contribution is 6.04. The van der Waals surface area contributed by atoms with Crippen LogP contribution in [0.15, 0.2) is 18.3 Å². The minimum Gasteiger partial charge on any atom is -0.357 e. The van der Waals surface area contributed by atoms with Gasteiger partial charge in [-0.2, -0.15) is 0 Å². The van der Waals surface area contributed by atoms with Gasteiger partial charge in [0.2, 0.25) is 5.91 Å². The Kier molecular flexibility index (Phi) is 4.70. The molecule has 1 fully saturated rings. The molecular weight excluding hydrogens is 244 g/mol. The Balaban J connectivity index is 1.85. The van der Waals surface area contributed by atoms with Crippen LogP contribution in [0.25, 0.3) is 0 Å². The number of aromatic amines is 1. The normalized spacial score (nSPS) is 20.2. The topological polar surface area (TPSA) is 91.2 Å². The lowest BCUT2D eigenvalue weighted by molar-refractivity contribution is -0.122. The fraction of sp³-hybridized carbons (Fsp3) is 0.538. The maximum absolute atomic E-state index is 11.9. The number of H-pyrrole nitrogens is 1. The summed E-state index contributed by atoms with van der Waals surface area (Å²) in [5.41, 5.74) is 6.09. The molecule has 19 heavy (non-hydrogen) atoms. The highest BCUT2D eigenvalue weighted by Gasteiger charge is 2.23. The minimum absolute atomic E-state index is 0.230. The van der Waals surface area contributed by atoms with Crippen LogP contribution in [0.4, 0.5) is 0 Å². The molecule has 1 atom stereocenters. The molecule has 0 spiro atoms. The molecule has 2 rings (SSSR count). The second-order valence-electron chi connectivity index (χ2n) is 4.82. The van der Waals surface area contributed by atoms with E-state index < -0.39 is 5.91 Å². The van der Waals surface area contributed by atoms with Crippen LogP contribution < -0.4 is 11.1 Å². The van der Waals surface area contributed by atoms with Crippen molar-refractivity contribution in [2.45, 2.75) is 25.3 Å². The van der Waals surface area contributed by atoms with Gasteiger partial charge in [0.15, 0.2) is 0 Å². The average Bonchev–Trinajstić information content (AvgIpc) is 2.93. The van der Waals surface area contributed by atoms with E-state index in [4.69, 9.17) is 5.73 Å². The van der Waals surface area contributed by atoms with Gasteiger partial charge in [-0.25, -0.2) is 0 Å². The summed E-state index contributed by atoms with van der Waals surface area (Å²) in [6.45, 7) is 1.65. The van der Waals surface area contributed by atoms with Crippen molar-refractivity contribution in [2.24, 2.45) is 5.73 Å². The van der Waals surface area contributed by atoms with Gasteiger partial charge >= 0.3 is 0 Å². The SMILES string of the molecule is NCC1CCCCN1CC(=O)NC(=O)c1ccc[nH]1. The first-order chi connectivity index (χ1) is 9.20. The van der Waals surface area contributed by atoms with Gasteiger partial charge in [0, 0.05) is 18.8 Å². The zero-order valence-electron chi connectivity index (χ0n) is 10.9. The van der Waals surface area contributed by atoms with Gasteiger partial charge < -0.3 is 10.7 Å². The molecule has 0 radical (unpaired) electrons. The van der Waals surface area contributed by atoms with Gasteiger partial charge in [-0.1, -0.05) is 6.42 Å². The predicted octanol–water partition coefficient (Wildman–Crippen LogP) is 0.0843. The standard InChI is InChI=1S/C13H20N4O2/c14-8-10-4-1-2-7-17(10)9-12(18)16-13(19)11-5-3-6-15-11/h3,5-6,10,15H,1-2,4,7-9,14H2,(H,16,18,19). The number of piperidine rings is 1. The summed E-state index contributed by atoms with van der Waals surface area (Å²) in [7, 11) is 0. The minimum atomic E-state index is -0.392. The number of aromatic nitrogens is 1. The summed E-state index contributed by atoms with van der Waals surface area (Å²) < 4.78 is 0. The van der Waals surface area contributed by atoms with Gasteiger partial charge in [0.05, 0.1) is 6.54 Å². The molecule has 2 amide bonds. The highest BCUT2D eigenvalue weighted by atomic mass is 16.2. The number of imide groups is 1. The smallest absolute Gasteiger partial charge is 0.274 e. The molecular formula is C13H20N4O2. The number of hydrogen-bond acceptors (Lipinski definition) is 4. The molecule has 6 heteroatoms. The number of nitrogens with one attached hydrogen (secondary N) is 2. The zero-order chi connectivity index (χ0) is 13.7. The first-order valence-electron chi connectivity index (χ1n) is 6.62. The quantitative estimate of drug-likeness (QED) is 0.718. The van der Waals surface area contributed by atoms with Crippen molar-refractivity contribution in [1.82, 2.24) is 15.2 Å². The van der Waals surface area contributed by atoms with Crippen LogP contribution in [0, 0.1) is 0 Å². The second kappa shape index (κ2) is 6.49. The Bertz CT molecular complexity index is 430. The number of nitrogens with two attached hydrogens (primary N) is 1. The lowest BCUT2D eigenvalue weighted by atomic mass is 10.0. The van der Waals surface area contributed by atoms with Crippen molar-refractivity contribution < 1.29 is 9.59 Å². The summed E-state index contributed by atoms with van der Waals surface area (Å²) in [6.07, 6.45) is 4.90. The third-order valence-corrected chi connectivity index (χ3v) is 3.46. The molecule has 104 valence electrons. The highest BCUT2D eigenvalue weighted by Crippen LogP contribution is 2.15. The van der Waals surface area contributed by atoms with E-state index in [1.807, 2.05) is 0 Å². The number of amides is 2. The summed E-state index contributed by atoms with van der Waals surface area (Å²) >= 11 is 0. The number of carbonyl (C=O) groups excluding carboxylic acids is 2. The molecule has 1 saturated heterocycles. The molecule has 0 aliphatic carbocycles. The summed E-state index contributed by atoms with van der Waals surface area (Å²) in [4.78, 5) is 28.4. The van der Waals surface area contributed by atoms with Crippen LogP contribution in [0.2, 0.25) is 0 Å². The summed E-state index contributed by atoms with van der Waals surface area (Å²) in [6, 6.07) is 3.60. The van der Waals surface area contributed by atoms with Crippen molar-refractivity contribution in [3.05, 3.63) is 24.0 Å². The lowest BCUT2D eigenvalue weighted by Crippen LogP contribution is -2.49. The van der Waals surface area contributed by atoms with E-state index in [1.54, 1.807) is 18.3 Å². The van der Waals surface area contributed by atoms with Gasteiger partial charge in [-0.05, 0) is 31.5 Å². The molecule has 4 N–H and O–H groups in total. The number of likely N-dealkylation sites (tertiary alicyclic amines) is 1. The van der Waals surface area contributed by atoms with E-state index in [0.717, 1.165) is 25.8 Å². The van der Waals surface area contributed by atoms with Gasteiger partial charge in [0.1, 0.15) is 5.69 Å².